The number of carboxylic acids is 1. The number of halogens is 2. The van der Waals surface area contributed by atoms with E-state index in [0.717, 1.165) is 0 Å². The normalized spacial score (nSPS) is 12.2. The molecule has 0 aliphatic rings. The maximum atomic E-state index is 11.6. The van der Waals surface area contributed by atoms with Crippen LogP contribution in [0.5, 0.6) is 0 Å². The van der Waals surface area contributed by atoms with E-state index >= 15 is 0 Å². The van der Waals surface area contributed by atoms with Crippen molar-refractivity contribution in [2.24, 2.45) is 7.05 Å². The van der Waals surface area contributed by atoms with Crippen LogP contribution in [0.3, 0.4) is 0 Å². The number of aromatic nitrogens is 1. The molecule has 1 heterocycles. The minimum atomic E-state index is -1.11. The predicted molar refractivity (Wildman–Crippen MR) is 60.0 cm³/mol. The summed E-state index contributed by atoms with van der Waals surface area (Å²) in [5, 5.41) is 11.4. The molecule has 0 aromatic carbocycles. The van der Waals surface area contributed by atoms with Gasteiger partial charge in [-0.2, -0.15) is 0 Å². The van der Waals surface area contributed by atoms with Crippen molar-refractivity contribution >= 4 is 35.1 Å². The summed E-state index contributed by atoms with van der Waals surface area (Å²) in [5.74, 6) is -1.65. The molecule has 0 fully saturated rings. The second-order valence-electron chi connectivity index (χ2n) is 3.26. The van der Waals surface area contributed by atoms with Crippen LogP contribution < -0.4 is 5.32 Å². The summed E-state index contributed by atoms with van der Waals surface area (Å²) >= 11 is 11.5. The Labute approximate surface area is 102 Å². The summed E-state index contributed by atoms with van der Waals surface area (Å²) < 4.78 is 1.38. The molecule has 1 aromatic rings. The van der Waals surface area contributed by atoms with Crippen LogP contribution in [-0.2, 0) is 11.8 Å². The van der Waals surface area contributed by atoms with E-state index in [1.165, 1.54) is 17.6 Å². The van der Waals surface area contributed by atoms with Gasteiger partial charge in [0.1, 0.15) is 16.9 Å². The molecule has 1 rings (SSSR count). The third-order valence-electron chi connectivity index (χ3n) is 2.07. The number of carboxylic acid groups (broad SMARTS) is 1. The summed E-state index contributed by atoms with van der Waals surface area (Å²) in [6.45, 7) is 1.37. The molecule has 88 valence electrons. The molecule has 1 aromatic heterocycles. The second-order valence-corrected chi connectivity index (χ2v) is 4.03. The Morgan fingerprint density at radius 2 is 2.06 bits per heavy atom. The van der Waals surface area contributed by atoms with Crippen molar-refractivity contribution in [3.63, 3.8) is 0 Å². The van der Waals surface area contributed by atoms with Crippen molar-refractivity contribution in [2.75, 3.05) is 0 Å². The number of nitrogens with zero attached hydrogens (tertiary/aromatic N) is 1. The van der Waals surface area contributed by atoms with Gasteiger partial charge < -0.3 is 15.0 Å². The topological polar surface area (TPSA) is 71.3 Å². The fraction of sp³-hybridized carbons (Fsp3) is 0.333. The monoisotopic (exact) mass is 264 g/mol. The molecule has 0 aliphatic heterocycles. The van der Waals surface area contributed by atoms with Crippen LogP contribution in [0.4, 0.5) is 0 Å². The highest BCUT2D eigenvalue weighted by Gasteiger charge is 2.19. The van der Waals surface area contributed by atoms with Gasteiger partial charge in [-0.15, -0.1) is 0 Å². The van der Waals surface area contributed by atoms with E-state index in [2.05, 4.69) is 5.32 Å². The van der Waals surface area contributed by atoms with E-state index in [-0.39, 0.29) is 15.9 Å². The van der Waals surface area contributed by atoms with Gasteiger partial charge in [-0.3, -0.25) is 9.59 Å². The number of nitrogens with one attached hydrogen (secondary N) is 1. The molecule has 0 unspecified atom stereocenters. The lowest BCUT2D eigenvalue weighted by atomic mass is 10.3. The van der Waals surface area contributed by atoms with Crippen LogP contribution in [-0.4, -0.2) is 27.6 Å². The number of hydrogen-bond acceptors (Lipinski definition) is 2. The molecule has 0 radical (unpaired) electrons. The van der Waals surface area contributed by atoms with E-state index in [4.69, 9.17) is 28.3 Å². The van der Waals surface area contributed by atoms with E-state index < -0.39 is 17.9 Å². The molecule has 2 N–H and O–H groups in total. The van der Waals surface area contributed by atoms with E-state index in [1.807, 2.05) is 0 Å². The lowest BCUT2D eigenvalue weighted by molar-refractivity contribution is -0.138. The van der Waals surface area contributed by atoms with Crippen LogP contribution in [0.15, 0.2) is 6.07 Å². The first-order valence-corrected chi connectivity index (χ1v) is 5.14. The highest BCUT2D eigenvalue weighted by atomic mass is 35.5. The molecule has 0 bridgehead atoms. The van der Waals surface area contributed by atoms with Gasteiger partial charge in [0.15, 0.2) is 0 Å². The van der Waals surface area contributed by atoms with Crippen LogP contribution in [0.1, 0.15) is 17.4 Å². The Morgan fingerprint density at radius 3 is 2.44 bits per heavy atom. The molecule has 5 nitrogen and oxygen atoms in total. The average Bonchev–Trinajstić information content (AvgIpc) is 2.45. The van der Waals surface area contributed by atoms with Gasteiger partial charge in [0.05, 0.1) is 5.02 Å². The van der Waals surface area contributed by atoms with E-state index in [9.17, 15) is 9.59 Å². The Hall–Kier alpha value is -1.20. The summed E-state index contributed by atoms with van der Waals surface area (Å²) in [4.78, 5) is 22.2. The number of aliphatic carboxylic acids is 1. The molecular weight excluding hydrogens is 255 g/mol. The summed E-state index contributed by atoms with van der Waals surface area (Å²) in [5.41, 5.74) is 0.211. The zero-order valence-corrected chi connectivity index (χ0v) is 10.1. The van der Waals surface area contributed by atoms with Crippen molar-refractivity contribution in [2.45, 2.75) is 13.0 Å². The molecule has 0 aliphatic carbocycles. The second kappa shape index (κ2) is 4.76. The lowest BCUT2D eigenvalue weighted by Crippen LogP contribution is -2.39. The minimum absolute atomic E-state index is 0.211. The molecule has 0 spiro atoms. The number of carbonyl (C=O) groups excluding carboxylic acids is 1. The van der Waals surface area contributed by atoms with Crippen LogP contribution in [0.25, 0.3) is 0 Å². The predicted octanol–water partition coefficient (Wildman–Crippen LogP) is 1.53. The number of carbonyl (C=O) groups is 2. The third kappa shape index (κ3) is 2.48. The van der Waals surface area contributed by atoms with Crippen molar-refractivity contribution in [1.82, 2.24) is 9.88 Å². The minimum Gasteiger partial charge on any atom is -0.480 e. The zero-order chi connectivity index (χ0) is 12.5. The number of hydrogen-bond donors (Lipinski definition) is 2. The number of amides is 1. The molecule has 1 atom stereocenters. The Kier molecular flexibility index (Phi) is 3.83. The Bertz CT molecular complexity index is 442. The van der Waals surface area contributed by atoms with Gasteiger partial charge in [0, 0.05) is 7.05 Å². The van der Waals surface area contributed by atoms with Crippen LogP contribution in [0.2, 0.25) is 10.2 Å². The largest absolute Gasteiger partial charge is 0.480 e. The quantitative estimate of drug-likeness (QED) is 0.870. The van der Waals surface area contributed by atoms with Gasteiger partial charge in [0.25, 0.3) is 5.91 Å². The van der Waals surface area contributed by atoms with Crippen molar-refractivity contribution in [1.29, 1.82) is 0 Å². The summed E-state index contributed by atoms with van der Waals surface area (Å²) in [6.07, 6.45) is 0. The van der Waals surface area contributed by atoms with Gasteiger partial charge in [0.2, 0.25) is 0 Å². The fourth-order valence-corrected chi connectivity index (χ4v) is 1.47. The average molecular weight is 265 g/mol. The molecular formula is C9H10Cl2N2O3. The highest BCUT2D eigenvalue weighted by Crippen LogP contribution is 2.24. The number of rotatable bonds is 3. The van der Waals surface area contributed by atoms with E-state index in [0.29, 0.717) is 0 Å². The maximum Gasteiger partial charge on any atom is 0.325 e. The van der Waals surface area contributed by atoms with Gasteiger partial charge >= 0.3 is 5.97 Å². The van der Waals surface area contributed by atoms with E-state index in [1.54, 1.807) is 7.05 Å². The van der Waals surface area contributed by atoms with Gasteiger partial charge in [-0.1, -0.05) is 23.2 Å². The zero-order valence-electron chi connectivity index (χ0n) is 8.62. The summed E-state index contributed by atoms with van der Waals surface area (Å²) in [6, 6.07) is 0.410. The molecule has 16 heavy (non-hydrogen) atoms. The molecule has 0 saturated carbocycles. The first kappa shape index (κ1) is 12.9. The van der Waals surface area contributed by atoms with Crippen molar-refractivity contribution in [3.05, 3.63) is 21.9 Å². The van der Waals surface area contributed by atoms with Crippen LogP contribution in [0, 0.1) is 0 Å². The van der Waals surface area contributed by atoms with Crippen molar-refractivity contribution < 1.29 is 14.7 Å². The summed E-state index contributed by atoms with van der Waals surface area (Å²) in [7, 11) is 1.56. The Morgan fingerprint density at radius 1 is 1.50 bits per heavy atom. The fourth-order valence-electron chi connectivity index (χ4n) is 1.09. The molecule has 0 saturated heterocycles. The molecule has 7 heteroatoms. The van der Waals surface area contributed by atoms with Gasteiger partial charge in [-0.25, -0.2) is 0 Å². The smallest absolute Gasteiger partial charge is 0.325 e. The maximum absolute atomic E-state index is 11.6. The Balaban J connectivity index is 2.89. The lowest BCUT2D eigenvalue weighted by Gasteiger charge is -2.09. The van der Waals surface area contributed by atoms with Gasteiger partial charge in [-0.05, 0) is 13.0 Å². The third-order valence-corrected chi connectivity index (χ3v) is 2.91. The van der Waals surface area contributed by atoms with Crippen LogP contribution >= 0.6 is 23.2 Å². The first-order valence-electron chi connectivity index (χ1n) is 4.39. The SMILES string of the molecule is C[C@H](NC(=O)c1cc(Cl)c(Cl)n1C)C(=O)O. The standard InChI is InChI=1S/C9H10Cl2N2O3/c1-4(9(15)16)12-8(14)6-3-5(10)7(11)13(6)2/h3-4H,1-2H3,(H,12,14)(H,15,16)/t4-/m0/s1. The molecule has 1 amide bonds. The first-order chi connectivity index (χ1) is 7.34. The van der Waals surface area contributed by atoms with Crippen molar-refractivity contribution in [3.8, 4) is 0 Å². The highest BCUT2D eigenvalue weighted by molar-refractivity contribution is 6.41.